The normalized spacial score (nSPS) is 20.3. The fourth-order valence-electron chi connectivity index (χ4n) is 7.10. The van der Waals surface area contributed by atoms with Gasteiger partial charge in [0.15, 0.2) is 16.7 Å². The molecule has 3 aliphatic heterocycles. The predicted molar refractivity (Wildman–Crippen MR) is 207 cm³/mol. The van der Waals surface area contributed by atoms with E-state index in [1.807, 2.05) is 6.92 Å². The van der Waals surface area contributed by atoms with E-state index in [0.29, 0.717) is 50.0 Å². The molecule has 4 amide bonds. The van der Waals surface area contributed by atoms with E-state index >= 15 is 4.39 Å². The first-order valence-electron chi connectivity index (χ1n) is 18.1. The number of carbonyl (C=O) groups is 4. The summed E-state index contributed by atoms with van der Waals surface area (Å²) in [6, 6.07) is 15.0. The lowest BCUT2D eigenvalue weighted by Gasteiger charge is -2.39. The summed E-state index contributed by atoms with van der Waals surface area (Å²) in [6.45, 7) is 7.75. The smallest absolute Gasteiger partial charge is 0.417 e. The van der Waals surface area contributed by atoms with Gasteiger partial charge in [-0.05, 0) is 87.9 Å². The summed E-state index contributed by atoms with van der Waals surface area (Å²) in [6.07, 6.45) is -4.22. The number of alkyl halides is 3. The third-order valence-electron chi connectivity index (χ3n) is 10.1. The minimum Gasteiger partial charge on any atom is -0.489 e. The van der Waals surface area contributed by atoms with Gasteiger partial charge < -0.3 is 20.3 Å². The topological polar surface area (TPSA) is 150 Å². The van der Waals surface area contributed by atoms with Gasteiger partial charge in [0.2, 0.25) is 17.7 Å². The van der Waals surface area contributed by atoms with Crippen molar-refractivity contribution < 1.29 is 41.5 Å². The zero-order chi connectivity index (χ0) is 41.2. The quantitative estimate of drug-likeness (QED) is 0.138. The van der Waals surface area contributed by atoms with Gasteiger partial charge in [-0.3, -0.25) is 39.2 Å². The number of carbonyl (C=O) groups excluding carboxylic acids is 4. The minimum absolute atomic E-state index is 0.0281. The van der Waals surface area contributed by atoms with Crippen LogP contribution in [0.4, 0.5) is 40.3 Å². The van der Waals surface area contributed by atoms with E-state index < -0.39 is 40.6 Å². The average molecular weight is 809 g/mol. The van der Waals surface area contributed by atoms with Crippen LogP contribution in [0.5, 0.6) is 5.75 Å². The Morgan fingerprint density at radius 1 is 1.05 bits per heavy atom. The zero-order valence-corrected chi connectivity index (χ0v) is 32.1. The number of nitrogens with zero attached hydrogens (tertiary/aromatic N) is 5. The van der Waals surface area contributed by atoms with E-state index in [-0.39, 0.29) is 65.6 Å². The molecule has 0 radical (unpaired) electrons. The molecule has 3 aliphatic rings. The lowest BCUT2D eigenvalue weighted by Crippen LogP contribution is -2.54. The van der Waals surface area contributed by atoms with Gasteiger partial charge in [0.05, 0.1) is 29.4 Å². The van der Waals surface area contributed by atoms with Gasteiger partial charge in [-0.25, -0.2) is 4.39 Å². The van der Waals surface area contributed by atoms with Gasteiger partial charge in [-0.2, -0.15) is 18.4 Å². The minimum atomic E-state index is -4.84. The van der Waals surface area contributed by atoms with Gasteiger partial charge in [0.25, 0.3) is 5.91 Å². The fraction of sp³-hybridized carbons (Fsp3) is 0.385. The highest BCUT2D eigenvalue weighted by Crippen LogP contribution is 2.40. The monoisotopic (exact) mass is 808 g/mol. The Hall–Kier alpha value is -5.64. The Labute approximate surface area is 331 Å². The maximum atomic E-state index is 15.4. The first-order valence-corrected chi connectivity index (χ1v) is 18.6. The SMILES string of the molecule is CC1CN(CCOc2ccc(N3C(=S)N(c4ccc(C#N)c(C(F)(F)F)c4)C(=O)C3(C)C)cc2F)CCN1CC(=O)Nc1cccc(NC2CCC(=O)NC2=O)c1. The van der Waals surface area contributed by atoms with Crippen LogP contribution in [-0.4, -0.2) is 95.5 Å². The molecule has 57 heavy (non-hydrogen) atoms. The molecule has 0 bridgehead atoms. The maximum Gasteiger partial charge on any atom is 0.417 e. The Morgan fingerprint density at radius 2 is 1.79 bits per heavy atom. The van der Waals surface area contributed by atoms with Crippen molar-refractivity contribution in [3.8, 4) is 11.8 Å². The molecule has 300 valence electrons. The number of nitriles is 1. The highest BCUT2D eigenvalue weighted by molar-refractivity contribution is 7.81. The molecule has 2 atom stereocenters. The third-order valence-corrected chi connectivity index (χ3v) is 10.5. The second kappa shape index (κ2) is 16.5. The number of halogens is 4. The van der Waals surface area contributed by atoms with Crippen LogP contribution in [0.3, 0.4) is 0 Å². The maximum absolute atomic E-state index is 15.4. The summed E-state index contributed by atoms with van der Waals surface area (Å²) in [4.78, 5) is 56.6. The lowest BCUT2D eigenvalue weighted by molar-refractivity contribution is -0.138. The van der Waals surface area contributed by atoms with Gasteiger partial charge >= 0.3 is 6.18 Å². The molecule has 3 fully saturated rings. The molecular formula is C39H40F4N8O5S. The number of anilines is 4. The highest BCUT2D eigenvalue weighted by Gasteiger charge is 2.51. The van der Waals surface area contributed by atoms with E-state index in [1.165, 1.54) is 43.0 Å². The summed E-state index contributed by atoms with van der Waals surface area (Å²) < 4.78 is 62.3. The highest BCUT2D eigenvalue weighted by atomic mass is 32.1. The second-order valence-electron chi connectivity index (χ2n) is 14.5. The van der Waals surface area contributed by atoms with Crippen molar-refractivity contribution in [3.05, 3.63) is 77.6 Å². The molecule has 2 unspecified atom stereocenters. The van der Waals surface area contributed by atoms with Crippen molar-refractivity contribution in [1.29, 1.82) is 5.26 Å². The number of piperazine rings is 1. The van der Waals surface area contributed by atoms with Gasteiger partial charge in [0.1, 0.15) is 18.2 Å². The molecule has 6 rings (SSSR count). The number of amides is 4. The molecular weight excluding hydrogens is 769 g/mol. The van der Waals surface area contributed by atoms with Gasteiger partial charge in [-0.1, -0.05) is 6.07 Å². The van der Waals surface area contributed by atoms with Crippen molar-refractivity contribution in [2.75, 3.05) is 59.8 Å². The Balaban J connectivity index is 0.994. The Morgan fingerprint density at radius 3 is 2.47 bits per heavy atom. The second-order valence-corrected chi connectivity index (χ2v) is 14.9. The number of imide groups is 1. The van der Waals surface area contributed by atoms with Crippen molar-refractivity contribution >= 4 is 63.7 Å². The number of benzene rings is 3. The van der Waals surface area contributed by atoms with E-state index in [0.717, 1.165) is 17.0 Å². The molecule has 3 N–H and O–H groups in total. The molecule has 0 aliphatic carbocycles. The van der Waals surface area contributed by atoms with Crippen LogP contribution in [0.25, 0.3) is 0 Å². The van der Waals surface area contributed by atoms with E-state index in [4.69, 9.17) is 17.0 Å². The number of piperidine rings is 1. The number of nitrogens with one attached hydrogen (secondary N) is 3. The van der Waals surface area contributed by atoms with Crippen LogP contribution >= 0.6 is 12.2 Å². The first kappa shape index (κ1) is 41.0. The third kappa shape index (κ3) is 9.01. The summed E-state index contributed by atoms with van der Waals surface area (Å²) in [5, 5.41) is 17.3. The van der Waals surface area contributed by atoms with E-state index in [2.05, 4.69) is 25.8 Å². The lowest BCUT2D eigenvalue weighted by atomic mass is 10.0. The summed E-state index contributed by atoms with van der Waals surface area (Å²) >= 11 is 5.55. The standard InChI is InChI=1S/C39H40F4N8O5S/c1-23-21-48(13-14-49(23)22-34(53)46-26-6-4-5-25(17-26)45-31-10-12-33(52)47-35(31)54)15-16-56-32-11-9-28(19-30(32)40)51-37(57)50(36(55)38(51,2)3)27-8-7-24(20-44)29(18-27)39(41,42)43/h4-9,11,17-19,23,31,45H,10,12-16,21-22H2,1-3H3,(H,46,53)(H,47,52,54). The largest absolute Gasteiger partial charge is 0.489 e. The summed E-state index contributed by atoms with van der Waals surface area (Å²) in [5.41, 5.74) is -1.97. The number of hydrogen-bond donors (Lipinski definition) is 3. The number of rotatable bonds is 11. The zero-order valence-electron chi connectivity index (χ0n) is 31.3. The summed E-state index contributed by atoms with van der Waals surface area (Å²) in [7, 11) is 0. The first-order chi connectivity index (χ1) is 27.0. The van der Waals surface area contributed by atoms with Crippen LogP contribution in [0.2, 0.25) is 0 Å². The molecule has 0 saturated carbocycles. The number of thiocarbonyl (C=S) groups is 1. The molecule has 0 aromatic heterocycles. The van der Waals surface area contributed by atoms with Crippen molar-refractivity contribution in [2.45, 2.75) is 57.4 Å². The van der Waals surface area contributed by atoms with Gasteiger partial charge in [-0.15, -0.1) is 0 Å². The van der Waals surface area contributed by atoms with Crippen LogP contribution in [0.15, 0.2) is 60.7 Å². The molecule has 18 heteroatoms. The predicted octanol–water partition coefficient (Wildman–Crippen LogP) is 4.87. The van der Waals surface area contributed by atoms with Gasteiger partial charge in [0, 0.05) is 61.8 Å². The van der Waals surface area contributed by atoms with Crippen LogP contribution < -0.4 is 30.5 Å². The molecule has 3 heterocycles. The fourth-order valence-corrected chi connectivity index (χ4v) is 7.62. The van der Waals surface area contributed by atoms with Crippen LogP contribution in [0.1, 0.15) is 44.7 Å². The van der Waals surface area contributed by atoms with E-state index in [1.54, 1.807) is 24.3 Å². The molecule has 0 spiro atoms. The van der Waals surface area contributed by atoms with Crippen molar-refractivity contribution in [2.24, 2.45) is 0 Å². The molecule has 3 saturated heterocycles. The Bertz CT molecular complexity index is 2140. The molecule has 13 nitrogen and oxygen atoms in total. The number of ether oxygens (including phenoxy) is 1. The Kier molecular flexibility index (Phi) is 11.8. The van der Waals surface area contributed by atoms with Crippen molar-refractivity contribution in [3.63, 3.8) is 0 Å². The molecule has 3 aromatic carbocycles. The number of hydrogen-bond acceptors (Lipinski definition) is 10. The van der Waals surface area contributed by atoms with Crippen LogP contribution in [0, 0.1) is 17.1 Å². The molecule has 3 aromatic rings. The van der Waals surface area contributed by atoms with Crippen LogP contribution in [-0.2, 0) is 25.4 Å². The average Bonchev–Trinajstić information content (AvgIpc) is 3.32. The van der Waals surface area contributed by atoms with E-state index in [9.17, 15) is 37.6 Å². The summed E-state index contributed by atoms with van der Waals surface area (Å²) in [5.74, 6) is -2.28. The van der Waals surface area contributed by atoms with Crippen molar-refractivity contribution in [1.82, 2.24) is 15.1 Å².